The van der Waals surface area contributed by atoms with Crippen molar-refractivity contribution in [2.45, 2.75) is 45.4 Å². The van der Waals surface area contributed by atoms with E-state index in [4.69, 9.17) is 0 Å². The van der Waals surface area contributed by atoms with Crippen molar-refractivity contribution in [3.05, 3.63) is 47.8 Å². The Hall–Kier alpha value is -2.63. The minimum atomic E-state index is -0.154. The zero-order valence-corrected chi connectivity index (χ0v) is 16.1. The van der Waals surface area contributed by atoms with Gasteiger partial charge in [-0.25, -0.2) is 0 Å². The Kier molecular flexibility index (Phi) is 6.27. The zero-order valence-electron chi connectivity index (χ0n) is 16.1. The predicted octanol–water partition coefficient (Wildman–Crippen LogP) is 3.80. The van der Waals surface area contributed by atoms with E-state index >= 15 is 0 Å². The molecular weight excluding hydrogens is 340 g/mol. The van der Waals surface area contributed by atoms with Gasteiger partial charge in [-0.05, 0) is 37.8 Å². The number of carbonyl (C=O) groups excluding carboxylic acids is 2. The van der Waals surface area contributed by atoms with E-state index in [0.717, 1.165) is 37.9 Å². The standard InChI is InChI=1S/C21H28N4O2/c1-3-15(4-2)21(27)25-12-8-11-17(14-25)19-18(13-22-24-19)23-20(26)16-9-6-5-7-10-16/h5-7,9-10,13,15,17H,3-4,8,11-12,14H2,1-2H3,(H,22,24)(H,23,26)/t17-/m1/s1. The molecular formula is C21H28N4O2. The fourth-order valence-electron chi connectivity index (χ4n) is 3.80. The first-order chi connectivity index (χ1) is 13.1. The van der Waals surface area contributed by atoms with E-state index in [9.17, 15) is 9.59 Å². The molecule has 2 aromatic rings. The fraction of sp³-hybridized carbons (Fsp3) is 0.476. The molecule has 1 saturated heterocycles. The Morgan fingerprint density at radius 2 is 2.00 bits per heavy atom. The molecule has 2 amide bonds. The van der Waals surface area contributed by atoms with Crippen LogP contribution in [0.15, 0.2) is 36.5 Å². The summed E-state index contributed by atoms with van der Waals surface area (Å²) in [5.41, 5.74) is 2.21. The quantitative estimate of drug-likeness (QED) is 0.814. The molecule has 1 fully saturated rings. The Morgan fingerprint density at radius 3 is 2.70 bits per heavy atom. The SMILES string of the molecule is CCC(CC)C(=O)N1CCC[C@@H](c2[nH]ncc2NC(=O)c2ccccc2)C1. The summed E-state index contributed by atoms with van der Waals surface area (Å²) in [6.07, 6.45) is 5.33. The summed E-state index contributed by atoms with van der Waals surface area (Å²) in [7, 11) is 0. The van der Waals surface area contributed by atoms with Crippen LogP contribution in [0.2, 0.25) is 0 Å². The second-order valence-corrected chi connectivity index (χ2v) is 7.15. The van der Waals surface area contributed by atoms with E-state index in [-0.39, 0.29) is 23.7 Å². The first-order valence-electron chi connectivity index (χ1n) is 9.82. The van der Waals surface area contributed by atoms with Crippen LogP contribution in [0.1, 0.15) is 61.5 Å². The lowest BCUT2D eigenvalue weighted by Gasteiger charge is -2.34. The summed E-state index contributed by atoms with van der Waals surface area (Å²) in [6, 6.07) is 9.13. The van der Waals surface area contributed by atoms with Gasteiger partial charge in [-0.15, -0.1) is 0 Å². The number of likely N-dealkylation sites (tertiary alicyclic amines) is 1. The summed E-state index contributed by atoms with van der Waals surface area (Å²) in [6.45, 7) is 5.62. The maximum Gasteiger partial charge on any atom is 0.255 e. The van der Waals surface area contributed by atoms with Gasteiger partial charge in [0.1, 0.15) is 0 Å². The van der Waals surface area contributed by atoms with Crippen LogP contribution < -0.4 is 5.32 Å². The van der Waals surface area contributed by atoms with Crippen molar-refractivity contribution in [1.29, 1.82) is 0 Å². The molecule has 1 aliphatic rings. The van der Waals surface area contributed by atoms with Crippen LogP contribution in [0, 0.1) is 5.92 Å². The summed E-state index contributed by atoms with van der Waals surface area (Å²) < 4.78 is 0. The molecule has 6 nitrogen and oxygen atoms in total. The molecule has 0 aliphatic carbocycles. The highest BCUT2D eigenvalue weighted by Crippen LogP contribution is 2.31. The number of H-pyrrole nitrogens is 1. The number of aromatic nitrogens is 2. The molecule has 6 heteroatoms. The van der Waals surface area contributed by atoms with E-state index in [2.05, 4.69) is 29.4 Å². The lowest BCUT2D eigenvalue weighted by Crippen LogP contribution is -2.42. The number of nitrogens with zero attached hydrogens (tertiary/aromatic N) is 2. The number of hydrogen-bond acceptors (Lipinski definition) is 3. The average molecular weight is 368 g/mol. The average Bonchev–Trinajstić information content (AvgIpc) is 3.17. The number of carbonyl (C=O) groups is 2. The zero-order chi connectivity index (χ0) is 19.2. The minimum absolute atomic E-state index is 0.0998. The Bertz CT molecular complexity index is 767. The Morgan fingerprint density at radius 1 is 1.26 bits per heavy atom. The normalized spacial score (nSPS) is 17.1. The number of benzene rings is 1. The number of hydrogen-bond donors (Lipinski definition) is 2. The van der Waals surface area contributed by atoms with Crippen molar-refractivity contribution in [3.8, 4) is 0 Å². The van der Waals surface area contributed by atoms with E-state index in [1.807, 2.05) is 23.1 Å². The molecule has 0 unspecified atom stereocenters. The van der Waals surface area contributed by atoms with Crippen molar-refractivity contribution in [2.75, 3.05) is 18.4 Å². The maximum absolute atomic E-state index is 12.8. The van der Waals surface area contributed by atoms with E-state index in [1.54, 1.807) is 18.3 Å². The van der Waals surface area contributed by atoms with E-state index < -0.39 is 0 Å². The predicted molar refractivity (Wildman–Crippen MR) is 106 cm³/mol. The summed E-state index contributed by atoms with van der Waals surface area (Å²) in [5.74, 6) is 0.353. The molecule has 2 N–H and O–H groups in total. The van der Waals surface area contributed by atoms with Gasteiger partial charge in [-0.3, -0.25) is 14.7 Å². The van der Waals surface area contributed by atoms with Crippen LogP contribution in [0.5, 0.6) is 0 Å². The van der Waals surface area contributed by atoms with Gasteiger partial charge in [0, 0.05) is 30.5 Å². The molecule has 0 saturated carbocycles. The number of aromatic amines is 1. The van der Waals surface area contributed by atoms with Crippen molar-refractivity contribution in [3.63, 3.8) is 0 Å². The van der Waals surface area contributed by atoms with Gasteiger partial charge in [-0.1, -0.05) is 32.0 Å². The van der Waals surface area contributed by atoms with Crippen LogP contribution in [-0.2, 0) is 4.79 Å². The Labute approximate surface area is 160 Å². The molecule has 1 atom stereocenters. The van der Waals surface area contributed by atoms with Gasteiger partial charge in [-0.2, -0.15) is 5.10 Å². The number of rotatable bonds is 6. The van der Waals surface area contributed by atoms with Crippen LogP contribution >= 0.6 is 0 Å². The van der Waals surface area contributed by atoms with E-state index in [1.165, 1.54) is 0 Å². The maximum atomic E-state index is 12.8. The van der Waals surface area contributed by atoms with Crippen molar-refractivity contribution in [1.82, 2.24) is 15.1 Å². The molecule has 0 radical (unpaired) electrons. The third-order valence-electron chi connectivity index (χ3n) is 5.43. The van der Waals surface area contributed by atoms with Crippen LogP contribution in [-0.4, -0.2) is 40.0 Å². The highest BCUT2D eigenvalue weighted by atomic mass is 16.2. The van der Waals surface area contributed by atoms with Gasteiger partial charge in [0.15, 0.2) is 0 Å². The molecule has 1 aliphatic heterocycles. The second kappa shape index (κ2) is 8.84. The molecule has 144 valence electrons. The third-order valence-corrected chi connectivity index (χ3v) is 5.43. The van der Waals surface area contributed by atoms with Crippen molar-refractivity contribution >= 4 is 17.5 Å². The van der Waals surface area contributed by atoms with Gasteiger partial charge in [0.25, 0.3) is 5.91 Å². The highest BCUT2D eigenvalue weighted by molar-refractivity contribution is 6.04. The Balaban J connectivity index is 1.71. The summed E-state index contributed by atoms with van der Waals surface area (Å²) in [4.78, 5) is 27.2. The highest BCUT2D eigenvalue weighted by Gasteiger charge is 2.30. The summed E-state index contributed by atoms with van der Waals surface area (Å²) >= 11 is 0. The van der Waals surface area contributed by atoms with Crippen LogP contribution in [0.3, 0.4) is 0 Å². The number of piperidine rings is 1. The van der Waals surface area contributed by atoms with Gasteiger partial charge in [0.05, 0.1) is 17.6 Å². The van der Waals surface area contributed by atoms with Crippen LogP contribution in [0.4, 0.5) is 5.69 Å². The lowest BCUT2D eigenvalue weighted by molar-refractivity contribution is -0.137. The number of anilines is 1. The second-order valence-electron chi connectivity index (χ2n) is 7.15. The smallest absolute Gasteiger partial charge is 0.255 e. The van der Waals surface area contributed by atoms with Gasteiger partial charge < -0.3 is 10.2 Å². The van der Waals surface area contributed by atoms with Crippen molar-refractivity contribution < 1.29 is 9.59 Å². The van der Waals surface area contributed by atoms with Gasteiger partial charge >= 0.3 is 0 Å². The molecule has 1 aromatic heterocycles. The first kappa shape index (κ1) is 19.1. The van der Waals surface area contributed by atoms with Gasteiger partial charge in [0.2, 0.25) is 5.91 Å². The number of nitrogens with one attached hydrogen (secondary N) is 2. The topological polar surface area (TPSA) is 78.1 Å². The first-order valence-corrected chi connectivity index (χ1v) is 9.82. The van der Waals surface area contributed by atoms with E-state index in [0.29, 0.717) is 17.8 Å². The largest absolute Gasteiger partial charge is 0.342 e. The van der Waals surface area contributed by atoms with Crippen molar-refractivity contribution in [2.24, 2.45) is 5.92 Å². The molecule has 2 heterocycles. The molecule has 0 spiro atoms. The van der Waals surface area contributed by atoms with Crippen LogP contribution in [0.25, 0.3) is 0 Å². The minimum Gasteiger partial charge on any atom is -0.342 e. The number of amides is 2. The summed E-state index contributed by atoms with van der Waals surface area (Å²) in [5, 5.41) is 10.1. The monoisotopic (exact) mass is 368 g/mol. The molecule has 27 heavy (non-hydrogen) atoms. The lowest BCUT2D eigenvalue weighted by atomic mass is 9.92. The molecule has 1 aromatic carbocycles. The fourth-order valence-corrected chi connectivity index (χ4v) is 3.80. The molecule has 3 rings (SSSR count). The molecule has 0 bridgehead atoms. The third kappa shape index (κ3) is 4.38.